The average Bonchev–Trinajstić information content (AvgIpc) is 3.05. The summed E-state index contributed by atoms with van der Waals surface area (Å²) in [5.74, 6) is 1.21. The third-order valence-corrected chi connectivity index (χ3v) is 5.73. The van der Waals surface area contributed by atoms with Crippen molar-refractivity contribution in [2.45, 2.75) is 44.6 Å². The highest BCUT2D eigenvalue weighted by molar-refractivity contribution is 8.14. The van der Waals surface area contributed by atoms with Gasteiger partial charge in [-0.2, -0.15) is 0 Å². The zero-order chi connectivity index (χ0) is 12.4. The molecule has 0 amide bonds. The molecule has 1 aliphatic carbocycles. The number of rotatable bonds is 3. The van der Waals surface area contributed by atoms with Crippen LogP contribution in [0.15, 0.2) is 10.4 Å². The predicted octanol–water partition coefficient (Wildman–Crippen LogP) is 3.00. The van der Waals surface area contributed by atoms with Gasteiger partial charge in [0.25, 0.3) is 0 Å². The summed E-state index contributed by atoms with van der Waals surface area (Å²) in [5, 5.41) is 8.10. The van der Waals surface area contributed by atoms with Crippen LogP contribution in [0.3, 0.4) is 0 Å². The van der Waals surface area contributed by atoms with E-state index in [2.05, 4.69) is 27.6 Å². The van der Waals surface area contributed by atoms with Crippen LogP contribution in [0, 0.1) is 6.92 Å². The molecule has 1 aliphatic heterocycles. The Hall–Kier alpha value is -0.550. The molecule has 0 atom stereocenters. The van der Waals surface area contributed by atoms with Gasteiger partial charge in [0.2, 0.25) is 0 Å². The number of aliphatic imine (C=N–C) groups is 1. The molecular formula is C13H19N3S2. The average molecular weight is 281 g/mol. The van der Waals surface area contributed by atoms with Crippen molar-refractivity contribution in [2.24, 2.45) is 4.99 Å². The van der Waals surface area contributed by atoms with E-state index in [1.165, 1.54) is 37.1 Å². The van der Waals surface area contributed by atoms with Crippen LogP contribution in [0.1, 0.15) is 36.4 Å². The van der Waals surface area contributed by atoms with E-state index in [1.807, 2.05) is 11.8 Å². The molecule has 0 radical (unpaired) electrons. The SMILES string of the molecule is Cc1nc(CCN=C2NC3(CCCC3)CS2)cs1. The van der Waals surface area contributed by atoms with Crippen LogP contribution in [-0.2, 0) is 6.42 Å². The van der Waals surface area contributed by atoms with Gasteiger partial charge in [-0.25, -0.2) is 4.98 Å². The van der Waals surface area contributed by atoms with Gasteiger partial charge in [0.1, 0.15) is 0 Å². The van der Waals surface area contributed by atoms with Crippen molar-refractivity contribution in [3.05, 3.63) is 16.1 Å². The molecule has 1 N–H and O–H groups in total. The molecule has 2 aliphatic rings. The predicted molar refractivity (Wildman–Crippen MR) is 79.6 cm³/mol. The summed E-state index contributed by atoms with van der Waals surface area (Å²) in [6, 6.07) is 0. The standard InChI is InChI=1S/C13H19N3S2/c1-10-15-11(8-17-10)4-7-14-12-16-13(9-18-12)5-2-3-6-13/h8H,2-7,9H2,1H3,(H,14,16). The first-order valence-electron chi connectivity index (χ1n) is 6.62. The Morgan fingerprint density at radius 2 is 2.28 bits per heavy atom. The second kappa shape index (κ2) is 5.21. The number of aryl methyl sites for hydroxylation is 1. The maximum atomic E-state index is 4.68. The molecule has 3 rings (SSSR count). The van der Waals surface area contributed by atoms with Gasteiger partial charge in [0.15, 0.2) is 5.17 Å². The lowest BCUT2D eigenvalue weighted by atomic mass is 10.0. The van der Waals surface area contributed by atoms with E-state index in [9.17, 15) is 0 Å². The number of nitrogens with one attached hydrogen (secondary N) is 1. The number of thioether (sulfide) groups is 1. The summed E-state index contributed by atoms with van der Waals surface area (Å²) in [5.41, 5.74) is 1.57. The van der Waals surface area contributed by atoms with Gasteiger partial charge >= 0.3 is 0 Å². The van der Waals surface area contributed by atoms with Gasteiger partial charge < -0.3 is 5.32 Å². The van der Waals surface area contributed by atoms with E-state index >= 15 is 0 Å². The Labute approximate surface area is 116 Å². The minimum absolute atomic E-state index is 0.390. The smallest absolute Gasteiger partial charge is 0.157 e. The summed E-state index contributed by atoms with van der Waals surface area (Å²) < 4.78 is 0. The van der Waals surface area contributed by atoms with Crippen molar-refractivity contribution in [2.75, 3.05) is 12.3 Å². The van der Waals surface area contributed by atoms with Crippen LogP contribution in [0.4, 0.5) is 0 Å². The molecule has 0 aromatic carbocycles. The first kappa shape index (κ1) is 12.5. The molecule has 5 heteroatoms. The molecule has 1 aromatic rings. The van der Waals surface area contributed by atoms with Gasteiger partial charge in [-0.15, -0.1) is 11.3 Å². The van der Waals surface area contributed by atoms with Gasteiger partial charge in [0, 0.05) is 29.6 Å². The summed E-state index contributed by atoms with van der Waals surface area (Å²) in [6.45, 7) is 2.91. The molecule has 1 aromatic heterocycles. The van der Waals surface area contributed by atoms with E-state index in [0.29, 0.717) is 5.54 Å². The second-order valence-electron chi connectivity index (χ2n) is 5.20. The van der Waals surface area contributed by atoms with E-state index < -0.39 is 0 Å². The lowest BCUT2D eigenvalue weighted by Gasteiger charge is -2.21. The van der Waals surface area contributed by atoms with Crippen molar-refractivity contribution >= 4 is 28.3 Å². The lowest BCUT2D eigenvalue weighted by Crippen LogP contribution is -2.40. The summed E-state index contributed by atoms with van der Waals surface area (Å²) >= 11 is 3.62. The number of nitrogens with zero attached hydrogens (tertiary/aromatic N) is 2. The first-order chi connectivity index (χ1) is 8.76. The number of thiazole rings is 1. The molecule has 98 valence electrons. The molecule has 1 spiro atoms. The third kappa shape index (κ3) is 2.72. The normalized spacial score (nSPS) is 23.9. The van der Waals surface area contributed by atoms with E-state index in [-0.39, 0.29) is 0 Å². The second-order valence-corrected chi connectivity index (χ2v) is 7.22. The fourth-order valence-corrected chi connectivity index (χ4v) is 4.60. The Balaban J connectivity index is 1.52. The van der Waals surface area contributed by atoms with Crippen molar-refractivity contribution in [3.8, 4) is 0 Å². The molecule has 1 saturated heterocycles. The molecule has 3 nitrogen and oxygen atoms in total. The molecule has 18 heavy (non-hydrogen) atoms. The van der Waals surface area contributed by atoms with Crippen LogP contribution in [0.25, 0.3) is 0 Å². The van der Waals surface area contributed by atoms with Crippen molar-refractivity contribution in [3.63, 3.8) is 0 Å². The van der Waals surface area contributed by atoms with Gasteiger partial charge in [-0.05, 0) is 19.8 Å². The highest BCUT2D eigenvalue weighted by atomic mass is 32.2. The topological polar surface area (TPSA) is 37.3 Å². The molecule has 0 unspecified atom stereocenters. The van der Waals surface area contributed by atoms with Crippen LogP contribution in [0.2, 0.25) is 0 Å². The van der Waals surface area contributed by atoms with Crippen molar-refractivity contribution in [1.82, 2.24) is 10.3 Å². The molecule has 2 heterocycles. The fourth-order valence-electron chi connectivity index (χ4n) is 2.71. The van der Waals surface area contributed by atoms with Crippen LogP contribution in [0.5, 0.6) is 0 Å². The number of amidine groups is 1. The highest BCUT2D eigenvalue weighted by Gasteiger charge is 2.39. The van der Waals surface area contributed by atoms with E-state index in [0.717, 1.165) is 23.1 Å². The quantitative estimate of drug-likeness (QED) is 0.925. The summed E-state index contributed by atoms with van der Waals surface area (Å²) in [6.07, 6.45) is 6.36. The maximum Gasteiger partial charge on any atom is 0.157 e. The number of hydrogen-bond acceptors (Lipinski definition) is 4. The third-order valence-electron chi connectivity index (χ3n) is 3.71. The van der Waals surface area contributed by atoms with Gasteiger partial charge in [-0.3, -0.25) is 4.99 Å². The summed E-state index contributed by atoms with van der Waals surface area (Å²) in [4.78, 5) is 9.15. The van der Waals surface area contributed by atoms with E-state index in [1.54, 1.807) is 11.3 Å². The molecule has 1 saturated carbocycles. The molecule has 2 fully saturated rings. The largest absolute Gasteiger partial charge is 0.359 e. The van der Waals surface area contributed by atoms with E-state index in [4.69, 9.17) is 0 Å². The summed E-state index contributed by atoms with van der Waals surface area (Å²) in [7, 11) is 0. The highest BCUT2D eigenvalue weighted by Crippen LogP contribution is 2.37. The Morgan fingerprint density at radius 1 is 1.44 bits per heavy atom. The molecular weight excluding hydrogens is 262 g/mol. The van der Waals surface area contributed by atoms with Crippen LogP contribution in [-0.4, -0.2) is 28.0 Å². The van der Waals surface area contributed by atoms with Crippen LogP contribution < -0.4 is 5.32 Å². The van der Waals surface area contributed by atoms with Crippen molar-refractivity contribution in [1.29, 1.82) is 0 Å². The minimum Gasteiger partial charge on any atom is -0.359 e. The number of hydrogen-bond donors (Lipinski definition) is 1. The number of aromatic nitrogens is 1. The Morgan fingerprint density at radius 3 is 3.00 bits per heavy atom. The van der Waals surface area contributed by atoms with Gasteiger partial charge in [-0.1, -0.05) is 24.6 Å². The van der Waals surface area contributed by atoms with Gasteiger partial charge in [0.05, 0.1) is 10.7 Å². The lowest BCUT2D eigenvalue weighted by molar-refractivity contribution is 0.452. The zero-order valence-corrected chi connectivity index (χ0v) is 12.4. The van der Waals surface area contributed by atoms with Crippen molar-refractivity contribution < 1.29 is 0 Å². The minimum atomic E-state index is 0.390. The Bertz CT molecular complexity index is 447. The molecule has 0 bridgehead atoms. The zero-order valence-electron chi connectivity index (χ0n) is 10.7. The van der Waals surface area contributed by atoms with Crippen LogP contribution >= 0.6 is 23.1 Å². The maximum absolute atomic E-state index is 4.68. The first-order valence-corrected chi connectivity index (χ1v) is 8.49. The fraction of sp³-hybridized carbons (Fsp3) is 0.692. The Kier molecular flexibility index (Phi) is 3.61. The monoisotopic (exact) mass is 281 g/mol.